The molecule has 86 valence electrons. The highest BCUT2D eigenvalue weighted by Gasteiger charge is 2.44. The predicted octanol–water partition coefficient (Wildman–Crippen LogP) is 2.49. The minimum atomic E-state index is 0.176. The Bertz CT molecular complexity index is 365. The molecule has 1 saturated carbocycles. The Morgan fingerprint density at radius 3 is 2.75 bits per heavy atom. The van der Waals surface area contributed by atoms with Crippen LogP contribution in [0.15, 0.2) is 30.3 Å². The maximum Gasteiger partial charge on any atom is 0.226 e. The van der Waals surface area contributed by atoms with E-state index < -0.39 is 0 Å². The van der Waals surface area contributed by atoms with E-state index in [2.05, 4.69) is 12.1 Å². The van der Waals surface area contributed by atoms with E-state index in [1.807, 2.05) is 25.2 Å². The van der Waals surface area contributed by atoms with Crippen molar-refractivity contribution in [2.45, 2.75) is 12.3 Å². The first-order valence-corrected chi connectivity index (χ1v) is 6.13. The lowest BCUT2D eigenvalue weighted by atomic mass is 10.1. The summed E-state index contributed by atoms with van der Waals surface area (Å²) in [4.78, 5) is 13.7. The largest absolute Gasteiger partial charge is 0.344 e. The second-order valence-corrected chi connectivity index (χ2v) is 4.69. The molecule has 1 aromatic rings. The first-order valence-electron chi connectivity index (χ1n) is 5.60. The Balaban J connectivity index is 1.94. The third-order valence-corrected chi connectivity index (χ3v) is 3.30. The van der Waals surface area contributed by atoms with Gasteiger partial charge in [-0.25, -0.2) is 0 Å². The maximum absolute atomic E-state index is 11.9. The average molecular weight is 238 g/mol. The van der Waals surface area contributed by atoms with Gasteiger partial charge in [-0.05, 0) is 17.9 Å². The van der Waals surface area contributed by atoms with Crippen molar-refractivity contribution in [2.75, 3.05) is 19.5 Å². The molecule has 0 spiro atoms. The topological polar surface area (TPSA) is 20.3 Å². The second kappa shape index (κ2) is 4.88. The summed E-state index contributed by atoms with van der Waals surface area (Å²) >= 11 is 5.63. The molecule has 0 saturated heterocycles. The van der Waals surface area contributed by atoms with E-state index in [9.17, 15) is 4.79 Å². The summed E-state index contributed by atoms with van der Waals surface area (Å²) in [6, 6.07) is 10.2. The van der Waals surface area contributed by atoms with Gasteiger partial charge in [0.2, 0.25) is 5.91 Å². The van der Waals surface area contributed by atoms with E-state index in [1.54, 1.807) is 4.90 Å². The zero-order chi connectivity index (χ0) is 11.5. The minimum Gasteiger partial charge on any atom is -0.344 e. The lowest BCUT2D eigenvalue weighted by Crippen LogP contribution is -2.30. The van der Waals surface area contributed by atoms with Crippen molar-refractivity contribution in [3.63, 3.8) is 0 Å². The Hall–Kier alpha value is -1.02. The fourth-order valence-electron chi connectivity index (χ4n) is 2.06. The van der Waals surface area contributed by atoms with E-state index in [1.165, 1.54) is 5.56 Å². The van der Waals surface area contributed by atoms with E-state index in [-0.39, 0.29) is 11.8 Å². The molecule has 2 rings (SSSR count). The van der Waals surface area contributed by atoms with Gasteiger partial charge in [-0.1, -0.05) is 30.3 Å². The number of carbonyl (C=O) groups is 1. The molecule has 0 bridgehead atoms. The van der Waals surface area contributed by atoms with Crippen molar-refractivity contribution >= 4 is 17.5 Å². The molecule has 0 aliphatic heterocycles. The predicted molar refractivity (Wildman–Crippen MR) is 65.6 cm³/mol. The number of amides is 1. The van der Waals surface area contributed by atoms with Crippen molar-refractivity contribution in [3.05, 3.63) is 35.9 Å². The highest BCUT2D eigenvalue weighted by Crippen LogP contribution is 2.48. The number of rotatable bonds is 4. The molecular weight excluding hydrogens is 222 g/mol. The lowest BCUT2D eigenvalue weighted by molar-refractivity contribution is -0.131. The van der Waals surface area contributed by atoms with Crippen LogP contribution in [0.4, 0.5) is 0 Å². The zero-order valence-electron chi connectivity index (χ0n) is 9.40. The van der Waals surface area contributed by atoms with Crippen LogP contribution in [-0.4, -0.2) is 30.3 Å². The Kier molecular flexibility index (Phi) is 3.49. The molecule has 0 radical (unpaired) electrons. The molecule has 1 fully saturated rings. The van der Waals surface area contributed by atoms with Gasteiger partial charge < -0.3 is 4.90 Å². The van der Waals surface area contributed by atoms with Crippen LogP contribution in [0.1, 0.15) is 17.9 Å². The fourth-order valence-corrected chi connectivity index (χ4v) is 2.31. The first kappa shape index (κ1) is 11.5. The number of benzene rings is 1. The van der Waals surface area contributed by atoms with Gasteiger partial charge in [-0.3, -0.25) is 4.79 Å². The number of halogens is 1. The molecule has 1 aromatic carbocycles. The standard InChI is InChI=1S/C13H16ClNO/c1-15(8-7-14)13(16)12-9-11(12)10-5-3-2-4-6-10/h2-6,11-12H,7-9H2,1H3. The van der Waals surface area contributed by atoms with Crippen LogP contribution in [-0.2, 0) is 4.79 Å². The van der Waals surface area contributed by atoms with E-state index in [0.29, 0.717) is 18.3 Å². The van der Waals surface area contributed by atoms with Gasteiger partial charge in [-0.15, -0.1) is 11.6 Å². The molecule has 1 amide bonds. The summed E-state index contributed by atoms with van der Waals surface area (Å²) in [6.07, 6.45) is 0.982. The molecule has 3 heteroatoms. The molecule has 0 N–H and O–H groups in total. The quantitative estimate of drug-likeness (QED) is 0.737. The number of hydrogen-bond acceptors (Lipinski definition) is 1. The molecular formula is C13H16ClNO. The van der Waals surface area contributed by atoms with Crippen molar-refractivity contribution in [3.8, 4) is 0 Å². The monoisotopic (exact) mass is 237 g/mol. The lowest BCUT2D eigenvalue weighted by Gasteiger charge is -2.15. The van der Waals surface area contributed by atoms with Crippen LogP contribution < -0.4 is 0 Å². The molecule has 1 aliphatic rings. The summed E-state index contributed by atoms with van der Waals surface area (Å²) in [5.41, 5.74) is 1.28. The zero-order valence-corrected chi connectivity index (χ0v) is 10.2. The van der Waals surface area contributed by atoms with Crippen molar-refractivity contribution in [1.82, 2.24) is 4.90 Å². The molecule has 0 aromatic heterocycles. The van der Waals surface area contributed by atoms with Crippen LogP contribution in [0.5, 0.6) is 0 Å². The molecule has 1 aliphatic carbocycles. The van der Waals surface area contributed by atoms with Gasteiger partial charge in [0.05, 0.1) is 0 Å². The second-order valence-electron chi connectivity index (χ2n) is 4.31. The molecule has 16 heavy (non-hydrogen) atoms. The summed E-state index contributed by atoms with van der Waals surface area (Å²) in [5.74, 6) is 1.34. The minimum absolute atomic E-state index is 0.176. The number of hydrogen-bond donors (Lipinski definition) is 0. The molecule has 0 heterocycles. The van der Waals surface area contributed by atoms with Crippen LogP contribution in [0.2, 0.25) is 0 Å². The molecule has 2 unspecified atom stereocenters. The van der Waals surface area contributed by atoms with Crippen molar-refractivity contribution in [2.24, 2.45) is 5.92 Å². The molecule has 2 nitrogen and oxygen atoms in total. The van der Waals surface area contributed by atoms with Gasteiger partial charge >= 0.3 is 0 Å². The van der Waals surface area contributed by atoms with Gasteiger partial charge in [-0.2, -0.15) is 0 Å². The van der Waals surface area contributed by atoms with E-state index >= 15 is 0 Å². The Labute approximate surface area is 101 Å². The third kappa shape index (κ3) is 2.38. The van der Waals surface area contributed by atoms with Crippen molar-refractivity contribution < 1.29 is 4.79 Å². The first-order chi connectivity index (χ1) is 7.74. The van der Waals surface area contributed by atoms with Crippen LogP contribution in [0.3, 0.4) is 0 Å². The highest BCUT2D eigenvalue weighted by molar-refractivity contribution is 6.18. The van der Waals surface area contributed by atoms with Gasteiger partial charge in [0.15, 0.2) is 0 Å². The summed E-state index contributed by atoms with van der Waals surface area (Å²) in [6.45, 7) is 0.637. The van der Waals surface area contributed by atoms with Crippen LogP contribution in [0.25, 0.3) is 0 Å². The maximum atomic E-state index is 11.9. The van der Waals surface area contributed by atoms with E-state index in [0.717, 1.165) is 6.42 Å². The van der Waals surface area contributed by atoms with Crippen LogP contribution >= 0.6 is 11.6 Å². The summed E-state index contributed by atoms with van der Waals surface area (Å²) in [7, 11) is 1.82. The van der Waals surface area contributed by atoms with Crippen molar-refractivity contribution in [1.29, 1.82) is 0 Å². The molecule has 2 atom stereocenters. The SMILES string of the molecule is CN(CCCl)C(=O)C1CC1c1ccccc1. The Morgan fingerprint density at radius 1 is 1.44 bits per heavy atom. The average Bonchev–Trinajstić information content (AvgIpc) is 3.09. The number of alkyl halides is 1. The van der Waals surface area contributed by atoms with Gasteiger partial charge in [0.25, 0.3) is 0 Å². The van der Waals surface area contributed by atoms with Crippen LogP contribution in [0, 0.1) is 5.92 Å². The number of nitrogens with zero attached hydrogens (tertiary/aromatic N) is 1. The summed E-state index contributed by atoms with van der Waals surface area (Å²) in [5, 5.41) is 0. The number of carbonyl (C=O) groups excluding carboxylic acids is 1. The highest BCUT2D eigenvalue weighted by atomic mass is 35.5. The smallest absolute Gasteiger partial charge is 0.226 e. The van der Waals surface area contributed by atoms with E-state index in [4.69, 9.17) is 11.6 Å². The van der Waals surface area contributed by atoms with Gasteiger partial charge in [0, 0.05) is 25.4 Å². The third-order valence-electron chi connectivity index (χ3n) is 3.13. The van der Waals surface area contributed by atoms with Gasteiger partial charge in [0.1, 0.15) is 0 Å². The Morgan fingerprint density at radius 2 is 2.12 bits per heavy atom. The fraction of sp³-hybridized carbons (Fsp3) is 0.462. The normalized spacial score (nSPS) is 22.9. The summed E-state index contributed by atoms with van der Waals surface area (Å²) < 4.78 is 0.